The number of methoxy groups -OCH3 is 1. The number of esters is 2. The third kappa shape index (κ3) is 4.58. The van der Waals surface area contributed by atoms with E-state index in [1.165, 1.54) is 24.3 Å². The van der Waals surface area contributed by atoms with Gasteiger partial charge in [0.05, 0.1) is 12.0 Å². The maximum absolute atomic E-state index is 13.0. The average molecular weight is 474 g/mol. The van der Waals surface area contributed by atoms with Gasteiger partial charge in [0.25, 0.3) is 11.7 Å². The summed E-state index contributed by atoms with van der Waals surface area (Å²) in [6.45, 7) is -0.314. The van der Waals surface area contributed by atoms with Crippen LogP contribution in [0.2, 0.25) is 0 Å². The molecule has 0 bridgehead atoms. The number of hydrogen-bond donors (Lipinski definition) is 2. The van der Waals surface area contributed by atoms with Gasteiger partial charge in [-0.3, -0.25) is 20.2 Å². The van der Waals surface area contributed by atoms with Gasteiger partial charge in [0.15, 0.2) is 0 Å². The van der Waals surface area contributed by atoms with Crippen LogP contribution in [-0.4, -0.2) is 56.4 Å². The number of ether oxygens (including phenoxy) is 2. The summed E-state index contributed by atoms with van der Waals surface area (Å²) in [6.07, 6.45) is -1.15. The van der Waals surface area contributed by atoms with Crippen molar-refractivity contribution >= 4 is 17.6 Å². The molecule has 0 spiro atoms. The van der Waals surface area contributed by atoms with E-state index in [0.717, 1.165) is 7.11 Å². The molecule has 0 aromatic heterocycles. The SMILES string of the molecule is COC(=O)[C@@]1(O)C[C@@H](c2ccc([N+](=O)[O-])cc2)C[C@@](O)(C(=O)OCc2ccccc2)[C@@H]1[N+](=O)[O-]. The molecule has 0 saturated heterocycles. The van der Waals surface area contributed by atoms with Crippen molar-refractivity contribution in [1.29, 1.82) is 0 Å². The van der Waals surface area contributed by atoms with Crippen molar-refractivity contribution in [2.24, 2.45) is 0 Å². The highest BCUT2D eigenvalue weighted by atomic mass is 16.6. The van der Waals surface area contributed by atoms with Crippen LogP contribution in [0.3, 0.4) is 0 Å². The van der Waals surface area contributed by atoms with E-state index in [1.54, 1.807) is 30.3 Å². The third-order valence-electron chi connectivity index (χ3n) is 5.91. The van der Waals surface area contributed by atoms with Crippen molar-refractivity contribution in [3.63, 3.8) is 0 Å². The summed E-state index contributed by atoms with van der Waals surface area (Å²) in [6, 6.07) is 10.8. The minimum atomic E-state index is -2.91. The molecule has 180 valence electrons. The first-order chi connectivity index (χ1) is 16.0. The largest absolute Gasteiger partial charge is 0.467 e. The highest BCUT2D eigenvalue weighted by molar-refractivity contribution is 5.86. The number of nitro benzene ring substituents is 1. The summed E-state index contributed by atoms with van der Waals surface area (Å²) in [4.78, 5) is 46.6. The Kier molecular flexibility index (Phi) is 6.93. The molecule has 1 aliphatic carbocycles. The second kappa shape index (κ2) is 9.53. The number of carbonyl (C=O) groups is 2. The minimum Gasteiger partial charge on any atom is -0.467 e. The summed E-state index contributed by atoms with van der Waals surface area (Å²) < 4.78 is 9.71. The van der Waals surface area contributed by atoms with Gasteiger partial charge in [-0.1, -0.05) is 42.5 Å². The van der Waals surface area contributed by atoms with Crippen LogP contribution in [0.5, 0.6) is 0 Å². The lowest BCUT2D eigenvalue weighted by atomic mass is 9.64. The number of carbonyl (C=O) groups excluding carboxylic acids is 2. The molecule has 1 saturated carbocycles. The molecule has 12 heteroatoms. The van der Waals surface area contributed by atoms with Crippen LogP contribution in [0.15, 0.2) is 54.6 Å². The zero-order valence-corrected chi connectivity index (χ0v) is 18.0. The summed E-state index contributed by atoms with van der Waals surface area (Å²) in [5.74, 6) is -3.78. The molecule has 0 unspecified atom stereocenters. The molecular weight excluding hydrogens is 452 g/mol. The molecule has 4 atom stereocenters. The van der Waals surface area contributed by atoms with Crippen molar-refractivity contribution in [3.05, 3.63) is 86.0 Å². The Bertz CT molecular complexity index is 1090. The van der Waals surface area contributed by atoms with Gasteiger partial charge in [-0.15, -0.1) is 0 Å². The number of aliphatic hydroxyl groups is 2. The summed E-state index contributed by atoms with van der Waals surface area (Å²) >= 11 is 0. The van der Waals surface area contributed by atoms with Crippen molar-refractivity contribution in [1.82, 2.24) is 0 Å². The average Bonchev–Trinajstić information content (AvgIpc) is 2.81. The number of non-ortho nitro benzene ring substituents is 1. The van der Waals surface area contributed by atoms with E-state index in [4.69, 9.17) is 4.74 Å². The topological polar surface area (TPSA) is 179 Å². The van der Waals surface area contributed by atoms with Gasteiger partial charge in [-0.05, 0) is 17.0 Å². The van der Waals surface area contributed by atoms with Gasteiger partial charge in [-0.2, -0.15) is 0 Å². The second-order valence-corrected chi connectivity index (χ2v) is 8.04. The predicted octanol–water partition coefficient (Wildman–Crippen LogP) is 1.50. The molecule has 2 N–H and O–H groups in total. The molecule has 34 heavy (non-hydrogen) atoms. The zero-order chi connectivity index (χ0) is 25.1. The number of benzene rings is 2. The first-order valence-electron chi connectivity index (χ1n) is 10.1. The normalized spacial score (nSPS) is 26.3. The molecule has 2 aromatic rings. The summed E-state index contributed by atoms with van der Waals surface area (Å²) in [5.41, 5.74) is -5.18. The van der Waals surface area contributed by atoms with Crippen LogP contribution in [0.1, 0.15) is 29.9 Å². The van der Waals surface area contributed by atoms with Crippen LogP contribution in [0.4, 0.5) is 5.69 Å². The Hall–Kier alpha value is -3.90. The Balaban J connectivity index is 2.02. The Morgan fingerprint density at radius 1 is 0.971 bits per heavy atom. The van der Waals surface area contributed by atoms with E-state index in [0.29, 0.717) is 11.1 Å². The molecule has 3 rings (SSSR count). The van der Waals surface area contributed by atoms with Crippen LogP contribution < -0.4 is 0 Å². The predicted molar refractivity (Wildman–Crippen MR) is 114 cm³/mol. The van der Waals surface area contributed by atoms with Gasteiger partial charge < -0.3 is 19.7 Å². The highest BCUT2D eigenvalue weighted by Crippen LogP contribution is 2.46. The lowest BCUT2D eigenvalue weighted by Gasteiger charge is -2.44. The van der Waals surface area contributed by atoms with Crippen LogP contribution in [-0.2, 0) is 25.7 Å². The number of nitrogens with zero attached hydrogens (tertiary/aromatic N) is 2. The monoisotopic (exact) mass is 474 g/mol. The van der Waals surface area contributed by atoms with Crippen molar-refractivity contribution < 1.29 is 39.1 Å². The number of hydrogen-bond acceptors (Lipinski definition) is 10. The molecule has 0 radical (unpaired) electrons. The standard InChI is InChI=1S/C22H22N2O10/c1-33-19(25)21(27)11-16(15-7-9-17(10-8-15)23(29)30)12-22(28,18(21)24(31)32)20(26)34-13-14-5-3-2-4-6-14/h2-10,16,18,27-28H,11-13H2,1H3/t16-,18-,21-,22+/m1/s1. The van der Waals surface area contributed by atoms with E-state index in [-0.39, 0.29) is 12.3 Å². The first kappa shape index (κ1) is 24.7. The van der Waals surface area contributed by atoms with Crippen LogP contribution >= 0.6 is 0 Å². The fourth-order valence-corrected chi connectivity index (χ4v) is 4.31. The zero-order valence-electron chi connectivity index (χ0n) is 18.0. The van der Waals surface area contributed by atoms with Gasteiger partial charge >= 0.3 is 11.9 Å². The van der Waals surface area contributed by atoms with E-state index < -0.39 is 57.8 Å². The molecule has 0 heterocycles. The Morgan fingerprint density at radius 3 is 2.03 bits per heavy atom. The van der Waals surface area contributed by atoms with Gasteiger partial charge in [0.2, 0.25) is 11.2 Å². The van der Waals surface area contributed by atoms with Gasteiger partial charge in [0.1, 0.15) is 6.61 Å². The summed E-state index contributed by atoms with van der Waals surface area (Å²) in [5, 5.41) is 45.3. The quantitative estimate of drug-likeness (QED) is 0.339. The lowest BCUT2D eigenvalue weighted by Crippen LogP contribution is -2.70. The molecule has 0 amide bonds. The smallest absolute Gasteiger partial charge is 0.345 e. The molecule has 12 nitrogen and oxygen atoms in total. The number of rotatable bonds is 7. The molecule has 1 aliphatic rings. The van der Waals surface area contributed by atoms with Gasteiger partial charge in [0, 0.05) is 29.9 Å². The maximum Gasteiger partial charge on any atom is 0.345 e. The maximum atomic E-state index is 13.0. The fourth-order valence-electron chi connectivity index (χ4n) is 4.31. The summed E-state index contributed by atoms with van der Waals surface area (Å²) in [7, 11) is 0.902. The lowest BCUT2D eigenvalue weighted by molar-refractivity contribution is -0.566. The Labute approximate surface area is 193 Å². The highest BCUT2D eigenvalue weighted by Gasteiger charge is 2.71. The minimum absolute atomic E-state index is 0.233. The van der Waals surface area contributed by atoms with E-state index >= 15 is 0 Å². The van der Waals surface area contributed by atoms with E-state index in [2.05, 4.69) is 4.74 Å². The number of nitro groups is 2. The molecule has 0 aliphatic heterocycles. The molecular formula is C22H22N2O10. The molecule has 1 fully saturated rings. The van der Waals surface area contributed by atoms with Gasteiger partial charge in [-0.25, -0.2) is 9.59 Å². The van der Waals surface area contributed by atoms with Crippen molar-refractivity contribution in [2.75, 3.05) is 7.11 Å². The van der Waals surface area contributed by atoms with E-state index in [1.807, 2.05) is 0 Å². The fraction of sp³-hybridized carbons (Fsp3) is 0.364. The first-order valence-corrected chi connectivity index (χ1v) is 10.1. The van der Waals surface area contributed by atoms with Crippen molar-refractivity contribution in [2.45, 2.75) is 42.6 Å². The van der Waals surface area contributed by atoms with Crippen molar-refractivity contribution in [3.8, 4) is 0 Å². The Morgan fingerprint density at radius 2 is 1.53 bits per heavy atom. The third-order valence-corrected chi connectivity index (χ3v) is 5.91. The van der Waals surface area contributed by atoms with E-state index in [9.17, 15) is 40.0 Å². The van der Waals surface area contributed by atoms with Crippen LogP contribution in [0.25, 0.3) is 0 Å². The molecule has 2 aromatic carbocycles. The van der Waals surface area contributed by atoms with Crippen LogP contribution in [0, 0.1) is 20.2 Å². The second-order valence-electron chi connectivity index (χ2n) is 8.04.